The van der Waals surface area contributed by atoms with E-state index in [2.05, 4.69) is 32.1 Å². The van der Waals surface area contributed by atoms with Crippen LogP contribution < -0.4 is 10.1 Å². The molecule has 3 rings (SSSR count). The molecule has 6 nitrogen and oxygen atoms in total. The molecule has 1 aliphatic rings. The maximum Gasteiger partial charge on any atom is 0.250 e. The fourth-order valence-corrected chi connectivity index (χ4v) is 3.41. The van der Waals surface area contributed by atoms with Crippen molar-refractivity contribution in [1.82, 2.24) is 19.9 Å². The number of anilines is 1. The van der Waals surface area contributed by atoms with E-state index in [1.807, 2.05) is 24.3 Å². The standard InChI is InChI=1S/C18H22Cl3N5O/c1-3-26-10-6-7-12(11-26)22-17-24-15(23-16(25-17)18(19,20)21)13-8-4-5-9-14(13)27-2/h4-5,8-9,12H,3,6-7,10-11H2,1-2H3,(H,22,23,24,25). The van der Waals surface area contributed by atoms with Crippen LogP contribution in [0.3, 0.4) is 0 Å². The van der Waals surface area contributed by atoms with Crippen molar-refractivity contribution in [3.05, 3.63) is 30.1 Å². The molecule has 0 radical (unpaired) electrons. The minimum absolute atomic E-state index is 0.0778. The molecular weight excluding hydrogens is 409 g/mol. The van der Waals surface area contributed by atoms with Crippen molar-refractivity contribution in [2.75, 3.05) is 32.1 Å². The Morgan fingerprint density at radius 2 is 2.00 bits per heavy atom. The summed E-state index contributed by atoms with van der Waals surface area (Å²) < 4.78 is 3.67. The molecule has 9 heteroatoms. The quantitative estimate of drug-likeness (QED) is 0.715. The van der Waals surface area contributed by atoms with Crippen molar-refractivity contribution in [1.29, 1.82) is 0 Å². The molecule has 1 aromatic heterocycles. The van der Waals surface area contributed by atoms with Crippen LogP contribution in [0.15, 0.2) is 24.3 Å². The summed E-state index contributed by atoms with van der Waals surface area (Å²) in [6.45, 7) is 5.21. The molecule has 146 valence electrons. The van der Waals surface area contributed by atoms with Gasteiger partial charge in [0.05, 0.1) is 12.7 Å². The maximum absolute atomic E-state index is 6.06. The van der Waals surface area contributed by atoms with Gasteiger partial charge >= 0.3 is 0 Å². The number of halogens is 3. The zero-order valence-corrected chi connectivity index (χ0v) is 17.5. The van der Waals surface area contributed by atoms with Crippen LogP contribution in [0, 0.1) is 0 Å². The molecular formula is C18H22Cl3N5O. The minimum atomic E-state index is -1.75. The number of benzene rings is 1. The van der Waals surface area contributed by atoms with Gasteiger partial charge in [0.25, 0.3) is 0 Å². The van der Waals surface area contributed by atoms with Gasteiger partial charge in [0, 0.05) is 12.6 Å². The van der Waals surface area contributed by atoms with Crippen LogP contribution >= 0.6 is 34.8 Å². The molecule has 1 aliphatic heterocycles. The lowest BCUT2D eigenvalue weighted by atomic mass is 10.1. The number of rotatable bonds is 5. The van der Waals surface area contributed by atoms with Gasteiger partial charge in [-0.3, -0.25) is 0 Å². The highest BCUT2D eigenvalue weighted by atomic mass is 35.6. The monoisotopic (exact) mass is 429 g/mol. The third-order valence-corrected chi connectivity index (χ3v) is 5.03. The highest BCUT2D eigenvalue weighted by Crippen LogP contribution is 2.37. The number of para-hydroxylation sites is 1. The highest BCUT2D eigenvalue weighted by molar-refractivity contribution is 6.66. The average Bonchev–Trinajstić information content (AvgIpc) is 2.67. The molecule has 0 amide bonds. The van der Waals surface area contributed by atoms with Crippen LogP contribution in [0.1, 0.15) is 25.6 Å². The first-order valence-corrected chi connectivity index (χ1v) is 9.99. The second-order valence-corrected chi connectivity index (χ2v) is 8.66. The Hall–Kier alpha value is -1.34. The molecule has 1 N–H and O–H groups in total. The maximum atomic E-state index is 6.06. The van der Waals surface area contributed by atoms with Crippen LogP contribution in [0.25, 0.3) is 11.4 Å². The first-order valence-electron chi connectivity index (χ1n) is 8.86. The summed E-state index contributed by atoms with van der Waals surface area (Å²) in [6.07, 6.45) is 2.16. The van der Waals surface area contributed by atoms with Crippen molar-refractivity contribution in [3.63, 3.8) is 0 Å². The normalized spacial score (nSPS) is 18.3. The first kappa shape index (κ1) is 20.4. The fraction of sp³-hybridized carbons (Fsp3) is 0.500. The lowest BCUT2D eigenvalue weighted by Crippen LogP contribution is -2.42. The number of ether oxygens (including phenoxy) is 1. The fourth-order valence-electron chi connectivity index (χ4n) is 3.16. The van der Waals surface area contributed by atoms with E-state index in [4.69, 9.17) is 39.5 Å². The molecule has 0 saturated carbocycles. The van der Waals surface area contributed by atoms with Gasteiger partial charge in [-0.1, -0.05) is 53.9 Å². The van der Waals surface area contributed by atoms with Gasteiger partial charge < -0.3 is 15.0 Å². The zero-order valence-electron chi connectivity index (χ0n) is 15.3. The lowest BCUT2D eigenvalue weighted by molar-refractivity contribution is 0.226. The van der Waals surface area contributed by atoms with Crippen LogP contribution in [0.4, 0.5) is 5.95 Å². The van der Waals surface area contributed by atoms with Crippen LogP contribution in [0.5, 0.6) is 5.75 Å². The number of aromatic nitrogens is 3. The van der Waals surface area contributed by atoms with Gasteiger partial charge in [-0.05, 0) is 38.1 Å². The number of methoxy groups -OCH3 is 1. The molecule has 0 aliphatic carbocycles. The summed E-state index contributed by atoms with van der Waals surface area (Å²) in [6, 6.07) is 7.68. The van der Waals surface area contributed by atoms with Gasteiger partial charge in [0.1, 0.15) is 5.75 Å². The number of nitrogens with one attached hydrogen (secondary N) is 1. The molecule has 2 heterocycles. The zero-order chi connectivity index (χ0) is 19.4. The third-order valence-electron chi connectivity index (χ3n) is 4.52. The van der Waals surface area contributed by atoms with Crippen molar-refractivity contribution >= 4 is 40.8 Å². The van der Waals surface area contributed by atoms with Crippen molar-refractivity contribution in [3.8, 4) is 17.1 Å². The number of piperidine rings is 1. The molecule has 0 spiro atoms. The van der Waals surface area contributed by atoms with E-state index in [1.165, 1.54) is 0 Å². The van der Waals surface area contributed by atoms with E-state index in [0.717, 1.165) is 32.5 Å². The number of alkyl halides is 3. The molecule has 27 heavy (non-hydrogen) atoms. The van der Waals surface area contributed by atoms with Crippen LogP contribution in [-0.2, 0) is 3.79 Å². The van der Waals surface area contributed by atoms with Crippen molar-refractivity contribution in [2.24, 2.45) is 0 Å². The number of hydrogen-bond donors (Lipinski definition) is 1. The molecule has 1 saturated heterocycles. The van der Waals surface area contributed by atoms with E-state index >= 15 is 0 Å². The second kappa shape index (κ2) is 8.78. The van der Waals surface area contributed by atoms with Gasteiger partial charge in [-0.2, -0.15) is 9.97 Å². The minimum Gasteiger partial charge on any atom is -0.496 e. The van der Waals surface area contributed by atoms with Gasteiger partial charge in [-0.25, -0.2) is 4.98 Å². The molecule has 1 atom stereocenters. The Bertz CT molecular complexity index is 784. The van der Waals surface area contributed by atoms with E-state index in [1.54, 1.807) is 7.11 Å². The predicted octanol–water partition coefficient (Wildman–Crippen LogP) is 4.27. The van der Waals surface area contributed by atoms with E-state index < -0.39 is 3.79 Å². The number of likely N-dealkylation sites (tertiary alicyclic amines) is 1. The highest BCUT2D eigenvalue weighted by Gasteiger charge is 2.29. The summed E-state index contributed by atoms with van der Waals surface area (Å²) in [5, 5.41) is 3.38. The molecule has 2 aromatic rings. The smallest absolute Gasteiger partial charge is 0.250 e. The lowest BCUT2D eigenvalue weighted by Gasteiger charge is -2.32. The van der Waals surface area contributed by atoms with Gasteiger partial charge in [0.15, 0.2) is 11.6 Å². The first-order chi connectivity index (χ1) is 12.9. The van der Waals surface area contributed by atoms with Crippen molar-refractivity contribution in [2.45, 2.75) is 29.6 Å². The average molecular weight is 431 g/mol. The Balaban J connectivity index is 1.96. The summed E-state index contributed by atoms with van der Waals surface area (Å²) >= 11 is 18.2. The van der Waals surface area contributed by atoms with E-state index in [0.29, 0.717) is 23.1 Å². The molecule has 1 unspecified atom stereocenters. The predicted molar refractivity (Wildman–Crippen MR) is 110 cm³/mol. The Morgan fingerprint density at radius 3 is 2.70 bits per heavy atom. The van der Waals surface area contributed by atoms with Crippen LogP contribution in [0.2, 0.25) is 0 Å². The summed E-state index contributed by atoms with van der Waals surface area (Å²) in [5.74, 6) is 1.51. The number of nitrogens with zero attached hydrogens (tertiary/aromatic N) is 4. The topological polar surface area (TPSA) is 63.2 Å². The Labute approximate surface area is 174 Å². The van der Waals surface area contributed by atoms with E-state index in [-0.39, 0.29) is 11.9 Å². The molecule has 0 bridgehead atoms. The largest absolute Gasteiger partial charge is 0.496 e. The third kappa shape index (κ3) is 5.13. The van der Waals surface area contributed by atoms with Gasteiger partial charge in [-0.15, -0.1) is 0 Å². The van der Waals surface area contributed by atoms with Crippen molar-refractivity contribution < 1.29 is 4.74 Å². The number of hydrogen-bond acceptors (Lipinski definition) is 6. The molecule has 1 fully saturated rings. The summed E-state index contributed by atoms with van der Waals surface area (Å²) in [5.41, 5.74) is 0.708. The summed E-state index contributed by atoms with van der Waals surface area (Å²) in [7, 11) is 1.59. The SMILES string of the molecule is CCN1CCCC(Nc2nc(-c3ccccc3OC)nc(C(Cl)(Cl)Cl)n2)C1. The number of likely N-dealkylation sites (N-methyl/N-ethyl adjacent to an activating group) is 1. The summed E-state index contributed by atoms with van der Waals surface area (Å²) in [4.78, 5) is 15.7. The van der Waals surface area contributed by atoms with E-state index in [9.17, 15) is 0 Å². The van der Waals surface area contributed by atoms with Gasteiger partial charge in [0.2, 0.25) is 9.74 Å². The van der Waals surface area contributed by atoms with Crippen LogP contribution in [-0.4, -0.2) is 52.6 Å². The second-order valence-electron chi connectivity index (χ2n) is 6.38. The Morgan fingerprint density at radius 1 is 1.22 bits per heavy atom. The molecule has 1 aromatic carbocycles. The Kier molecular flexibility index (Phi) is 6.63.